The summed E-state index contributed by atoms with van der Waals surface area (Å²) in [6.45, 7) is 4.96. The number of halogens is 1. The largest absolute Gasteiger partial charge is 0.329 e. The Labute approximate surface area is 179 Å². The van der Waals surface area contributed by atoms with Gasteiger partial charge >= 0.3 is 0 Å². The number of aryl methyl sites for hydroxylation is 2. The van der Waals surface area contributed by atoms with Crippen LogP contribution in [0, 0.1) is 12.7 Å². The average Bonchev–Trinajstić information content (AvgIpc) is 3.43. The predicted octanol–water partition coefficient (Wildman–Crippen LogP) is 3.83. The minimum absolute atomic E-state index is 0.131. The Bertz CT molecular complexity index is 1190. The number of hydrogen-bond acceptors (Lipinski definition) is 3. The molecule has 2 amide bonds. The quantitative estimate of drug-likeness (QED) is 0.703. The van der Waals surface area contributed by atoms with E-state index in [1.54, 1.807) is 27.8 Å². The first kappa shape index (κ1) is 19.5. The van der Waals surface area contributed by atoms with Crippen molar-refractivity contribution in [1.29, 1.82) is 0 Å². The van der Waals surface area contributed by atoms with Gasteiger partial charge in [0.15, 0.2) is 5.69 Å². The fraction of sp³-hybridized carbons (Fsp3) is 0.292. The van der Waals surface area contributed by atoms with Crippen molar-refractivity contribution >= 4 is 17.5 Å². The number of para-hydroxylation sites is 1. The molecule has 3 heterocycles. The highest BCUT2D eigenvalue weighted by Gasteiger charge is 2.59. The van der Waals surface area contributed by atoms with Crippen LogP contribution in [0.1, 0.15) is 46.7 Å². The van der Waals surface area contributed by atoms with Gasteiger partial charge in [-0.15, -0.1) is 0 Å². The molecule has 0 aliphatic carbocycles. The third-order valence-corrected chi connectivity index (χ3v) is 6.53. The third-order valence-electron chi connectivity index (χ3n) is 6.53. The van der Waals surface area contributed by atoms with Gasteiger partial charge in [-0.05, 0) is 55.7 Å². The molecule has 0 saturated carbocycles. The summed E-state index contributed by atoms with van der Waals surface area (Å²) in [5.74, 6) is -0.713. The highest BCUT2D eigenvalue weighted by molar-refractivity contribution is 6.08. The zero-order valence-electron chi connectivity index (χ0n) is 17.4. The van der Waals surface area contributed by atoms with Gasteiger partial charge in [-0.3, -0.25) is 14.3 Å². The molecule has 2 aromatic carbocycles. The summed E-state index contributed by atoms with van der Waals surface area (Å²) in [7, 11) is 0. The molecule has 0 unspecified atom stereocenters. The second kappa shape index (κ2) is 7.04. The summed E-state index contributed by atoms with van der Waals surface area (Å²) in [6, 6.07) is 14.9. The van der Waals surface area contributed by atoms with Crippen molar-refractivity contribution < 1.29 is 14.0 Å². The fourth-order valence-electron chi connectivity index (χ4n) is 5.10. The standard InChI is InChI=1S/C24H23FN4O2/c1-3-29-15(2)14-20(27-29)22(30)28-13-12-24(21(28)16-8-10-17(25)11-9-16)18-6-4-5-7-19(18)26-23(24)31/h4-11,14,21H,3,12-13H2,1-2H3,(H,26,31)/t21-,24+/m0/s1. The van der Waals surface area contributed by atoms with E-state index in [0.29, 0.717) is 25.2 Å². The number of rotatable bonds is 3. The number of fused-ring (bicyclic) bond motifs is 2. The first-order valence-electron chi connectivity index (χ1n) is 10.5. The summed E-state index contributed by atoms with van der Waals surface area (Å²) >= 11 is 0. The molecule has 5 rings (SSSR count). The van der Waals surface area contributed by atoms with Crippen molar-refractivity contribution in [3.8, 4) is 0 Å². The second-order valence-corrected chi connectivity index (χ2v) is 8.16. The van der Waals surface area contributed by atoms with Crippen molar-refractivity contribution in [2.24, 2.45) is 0 Å². The van der Waals surface area contributed by atoms with Crippen LogP contribution in [0.3, 0.4) is 0 Å². The van der Waals surface area contributed by atoms with E-state index >= 15 is 0 Å². The lowest BCUT2D eigenvalue weighted by Gasteiger charge is -2.34. The first-order chi connectivity index (χ1) is 15.0. The summed E-state index contributed by atoms with van der Waals surface area (Å²) in [4.78, 5) is 28.7. The molecular formula is C24H23FN4O2. The van der Waals surface area contributed by atoms with Crippen molar-refractivity contribution in [1.82, 2.24) is 14.7 Å². The molecule has 1 aromatic heterocycles. The fourth-order valence-corrected chi connectivity index (χ4v) is 5.10. The van der Waals surface area contributed by atoms with Crippen molar-refractivity contribution in [3.63, 3.8) is 0 Å². The van der Waals surface area contributed by atoms with Gasteiger partial charge in [-0.2, -0.15) is 5.10 Å². The van der Waals surface area contributed by atoms with E-state index in [-0.39, 0.29) is 17.6 Å². The van der Waals surface area contributed by atoms with Crippen molar-refractivity contribution in [2.45, 2.75) is 38.3 Å². The van der Waals surface area contributed by atoms with Crippen LogP contribution in [0.15, 0.2) is 54.6 Å². The topological polar surface area (TPSA) is 67.2 Å². The predicted molar refractivity (Wildman–Crippen MR) is 114 cm³/mol. The highest BCUT2D eigenvalue weighted by atomic mass is 19.1. The summed E-state index contributed by atoms with van der Waals surface area (Å²) in [5, 5.41) is 7.45. The van der Waals surface area contributed by atoms with Crippen LogP contribution in [-0.2, 0) is 16.8 Å². The van der Waals surface area contributed by atoms with E-state index in [0.717, 1.165) is 22.5 Å². The van der Waals surface area contributed by atoms with Gasteiger partial charge in [-0.1, -0.05) is 30.3 Å². The van der Waals surface area contributed by atoms with Crippen LogP contribution in [-0.4, -0.2) is 33.0 Å². The number of anilines is 1. The Morgan fingerprint density at radius 3 is 2.68 bits per heavy atom. The Balaban J connectivity index is 1.65. The van der Waals surface area contributed by atoms with E-state index in [9.17, 15) is 14.0 Å². The molecule has 0 radical (unpaired) electrons. The monoisotopic (exact) mass is 418 g/mol. The Hall–Kier alpha value is -3.48. The Kier molecular flexibility index (Phi) is 4.43. The number of amides is 2. The van der Waals surface area contributed by atoms with E-state index < -0.39 is 11.5 Å². The summed E-state index contributed by atoms with van der Waals surface area (Å²) in [5.41, 5.74) is 2.70. The van der Waals surface area contributed by atoms with Gasteiger partial charge in [0.25, 0.3) is 5.91 Å². The molecule has 0 bridgehead atoms. The third kappa shape index (κ3) is 2.80. The van der Waals surface area contributed by atoms with Crippen LogP contribution in [0.4, 0.5) is 10.1 Å². The summed E-state index contributed by atoms with van der Waals surface area (Å²) < 4.78 is 15.5. The normalized spacial score (nSPS) is 22.1. The number of benzene rings is 2. The van der Waals surface area contributed by atoms with Crippen LogP contribution in [0.25, 0.3) is 0 Å². The molecule has 158 valence electrons. The van der Waals surface area contributed by atoms with Gasteiger partial charge in [0.1, 0.15) is 11.2 Å². The van der Waals surface area contributed by atoms with Gasteiger partial charge in [0, 0.05) is 24.5 Å². The van der Waals surface area contributed by atoms with E-state index in [2.05, 4.69) is 10.4 Å². The molecule has 1 spiro atoms. The van der Waals surface area contributed by atoms with Gasteiger partial charge in [0.2, 0.25) is 5.91 Å². The number of hydrogen-bond donors (Lipinski definition) is 1. The maximum absolute atomic E-state index is 13.7. The van der Waals surface area contributed by atoms with E-state index in [1.165, 1.54) is 12.1 Å². The Morgan fingerprint density at radius 2 is 1.97 bits per heavy atom. The van der Waals surface area contributed by atoms with E-state index in [1.807, 2.05) is 38.1 Å². The lowest BCUT2D eigenvalue weighted by Crippen LogP contribution is -2.42. The molecule has 1 saturated heterocycles. The van der Waals surface area contributed by atoms with Crippen LogP contribution >= 0.6 is 0 Å². The van der Waals surface area contributed by atoms with Gasteiger partial charge < -0.3 is 10.2 Å². The molecule has 6 nitrogen and oxygen atoms in total. The Morgan fingerprint density at radius 1 is 1.23 bits per heavy atom. The SMILES string of the molecule is CCn1nc(C(=O)N2CC[C@]3(C(=O)Nc4ccccc43)[C@@H]2c2ccc(F)cc2)cc1C. The van der Waals surface area contributed by atoms with Gasteiger partial charge in [0.05, 0.1) is 6.04 Å². The molecule has 2 aliphatic rings. The number of nitrogens with one attached hydrogen (secondary N) is 1. The smallest absolute Gasteiger partial charge is 0.274 e. The molecule has 2 aliphatic heterocycles. The summed E-state index contributed by atoms with van der Waals surface area (Å²) in [6.07, 6.45) is 0.483. The molecule has 3 aromatic rings. The molecular weight excluding hydrogens is 395 g/mol. The molecule has 31 heavy (non-hydrogen) atoms. The number of nitrogens with zero attached hydrogens (tertiary/aromatic N) is 3. The number of carbonyl (C=O) groups is 2. The average molecular weight is 418 g/mol. The minimum Gasteiger partial charge on any atom is -0.329 e. The van der Waals surface area contributed by atoms with E-state index in [4.69, 9.17) is 0 Å². The molecule has 2 atom stereocenters. The lowest BCUT2D eigenvalue weighted by molar-refractivity contribution is -0.121. The molecule has 1 fully saturated rings. The number of likely N-dealkylation sites (tertiary alicyclic amines) is 1. The van der Waals surface area contributed by atoms with Crippen molar-refractivity contribution in [3.05, 3.63) is 82.9 Å². The zero-order valence-corrected chi connectivity index (χ0v) is 17.4. The van der Waals surface area contributed by atoms with Crippen LogP contribution < -0.4 is 5.32 Å². The maximum Gasteiger partial charge on any atom is 0.274 e. The van der Waals surface area contributed by atoms with Crippen molar-refractivity contribution in [2.75, 3.05) is 11.9 Å². The highest BCUT2D eigenvalue weighted by Crippen LogP contribution is 2.54. The second-order valence-electron chi connectivity index (χ2n) is 8.16. The lowest BCUT2D eigenvalue weighted by atomic mass is 9.72. The maximum atomic E-state index is 13.7. The van der Waals surface area contributed by atoms with Crippen LogP contribution in [0.2, 0.25) is 0 Å². The zero-order chi connectivity index (χ0) is 21.8. The molecule has 7 heteroatoms. The van der Waals surface area contributed by atoms with Gasteiger partial charge in [-0.25, -0.2) is 4.39 Å². The minimum atomic E-state index is -0.924. The van der Waals surface area contributed by atoms with Crippen LogP contribution in [0.5, 0.6) is 0 Å². The number of carbonyl (C=O) groups excluding carboxylic acids is 2. The molecule has 1 N–H and O–H groups in total. The number of aromatic nitrogens is 2. The first-order valence-corrected chi connectivity index (χ1v) is 10.5.